The van der Waals surface area contributed by atoms with Crippen molar-refractivity contribution >= 4 is 17.5 Å². The lowest BCUT2D eigenvalue weighted by Crippen LogP contribution is -2.44. The molecule has 0 N–H and O–H groups in total. The molecule has 1 aromatic heterocycles. The van der Waals surface area contributed by atoms with Crippen LogP contribution >= 0.6 is 11.6 Å². The van der Waals surface area contributed by atoms with Crippen molar-refractivity contribution in [2.24, 2.45) is 7.05 Å². The lowest BCUT2D eigenvalue weighted by Gasteiger charge is -2.33. The molecular formula is C15H17ClN4O3. The van der Waals surface area contributed by atoms with Crippen molar-refractivity contribution in [1.82, 2.24) is 19.2 Å². The van der Waals surface area contributed by atoms with Gasteiger partial charge in [-0.1, -0.05) is 23.7 Å². The second kappa shape index (κ2) is 6.55. The summed E-state index contributed by atoms with van der Waals surface area (Å²) >= 11 is 6.01. The summed E-state index contributed by atoms with van der Waals surface area (Å²) in [6, 6.07) is 7.41. The number of carbonyl (C=O) groups excluding carboxylic acids is 1. The van der Waals surface area contributed by atoms with Gasteiger partial charge in [0.1, 0.15) is 19.0 Å². The summed E-state index contributed by atoms with van der Waals surface area (Å²) < 4.78 is 8.23. The first-order chi connectivity index (χ1) is 11.0. The Labute approximate surface area is 138 Å². The zero-order valence-corrected chi connectivity index (χ0v) is 13.4. The van der Waals surface area contributed by atoms with E-state index in [4.69, 9.17) is 16.3 Å². The number of ether oxygens (including phenoxy) is 1. The summed E-state index contributed by atoms with van der Waals surface area (Å²) in [6.07, 6.45) is 1.18. The predicted molar refractivity (Wildman–Crippen MR) is 84.2 cm³/mol. The van der Waals surface area contributed by atoms with Crippen LogP contribution in [0.1, 0.15) is 11.7 Å². The molecular weight excluding hydrogens is 320 g/mol. The highest BCUT2D eigenvalue weighted by Crippen LogP contribution is 2.24. The maximum Gasteiger partial charge on any atom is 0.345 e. The number of hydrogen-bond donors (Lipinski definition) is 0. The van der Waals surface area contributed by atoms with E-state index < -0.39 is 0 Å². The predicted octanol–water partition coefficient (Wildman–Crippen LogP) is 0.835. The molecule has 0 radical (unpaired) electrons. The minimum absolute atomic E-state index is 0.0675. The van der Waals surface area contributed by atoms with Crippen LogP contribution in [0.2, 0.25) is 5.02 Å². The first kappa shape index (κ1) is 15.8. The summed E-state index contributed by atoms with van der Waals surface area (Å²) in [5, 5.41) is 4.54. The van der Waals surface area contributed by atoms with Gasteiger partial charge in [0, 0.05) is 18.6 Å². The summed E-state index contributed by atoms with van der Waals surface area (Å²) in [4.78, 5) is 25.9. The molecule has 0 aliphatic carbocycles. The molecule has 8 heteroatoms. The third-order valence-electron chi connectivity index (χ3n) is 3.81. The van der Waals surface area contributed by atoms with Gasteiger partial charge in [0.15, 0.2) is 0 Å². The molecule has 1 aliphatic heterocycles. The molecule has 0 saturated carbocycles. The van der Waals surface area contributed by atoms with Crippen LogP contribution in [-0.2, 0) is 23.1 Å². The fourth-order valence-electron chi connectivity index (χ4n) is 2.54. The van der Waals surface area contributed by atoms with Crippen molar-refractivity contribution < 1.29 is 9.53 Å². The van der Waals surface area contributed by atoms with E-state index in [1.165, 1.54) is 10.9 Å². The van der Waals surface area contributed by atoms with Gasteiger partial charge < -0.3 is 9.64 Å². The van der Waals surface area contributed by atoms with Gasteiger partial charge in [-0.2, -0.15) is 5.10 Å². The number of benzene rings is 1. The van der Waals surface area contributed by atoms with Crippen LogP contribution in [0.5, 0.6) is 0 Å². The van der Waals surface area contributed by atoms with Crippen LogP contribution in [0.25, 0.3) is 0 Å². The molecule has 1 saturated heterocycles. The Bertz CT molecular complexity index is 770. The number of rotatable bonds is 3. The van der Waals surface area contributed by atoms with Gasteiger partial charge in [-0.3, -0.25) is 9.36 Å². The highest BCUT2D eigenvalue weighted by Gasteiger charge is 2.26. The van der Waals surface area contributed by atoms with E-state index in [-0.39, 0.29) is 24.2 Å². The fraction of sp³-hybridized carbons (Fsp3) is 0.400. The second-order valence-corrected chi connectivity index (χ2v) is 5.87. The van der Waals surface area contributed by atoms with Gasteiger partial charge in [-0.25, -0.2) is 9.48 Å². The first-order valence-electron chi connectivity index (χ1n) is 7.28. The molecule has 1 atom stereocenters. The fourth-order valence-corrected chi connectivity index (χ4v) is 2.74. The molecule has 1 amide bonds. The van der Waals surface area contributed by atoms with Gasteiger partial charge in [-0.05, 0) is 17.7 Å². The number of carbonyl (C=O) groups is 1. The Kier molecular flexibility index (Phi) is 4.49. The number of amides is 1. The van der Waals surface area contributed by atoms with Crippen LogP contribution in [0, 0.1) is 0 Å². The van der Waals surface area contributed by atoms with E-state index in [0.717, 1.165) is 10.2 Å². The topological polar surface area (TPSA) is 69.4 Å². The summed E-state index contributed by atoms with van der Waals surface area (Å²) in [5.74, 6) is -0.152. The van der Waals surface area contributed by atoms with Crippen molar-refractivity contribution in [2.75, 3.05) is 19.7 Å². The Morgan fingerprint density at radius 2 is 2.30 bits per heavy atom. The molecule has 7 nitrogen and oxygen atoms in total. The summed E-state index contributed by atoms with van der Waals surface area (Å²) in [6.45, 7) is 1.31. The molecule has 0 spiro atoms. The SMILES string of the molecule is Cn1cnn(CC(=O)N2CCOC(c3cccc(Cl)c3)C2)c1=O. The van der Waals surface area contributed by atoms with Crippen molar-refractivity contribution in [3.05, 3.63) is 51.7 Å². The smallest absolute Gasteiger partial charge is 0.345 e. The Morgan fingerprint density at radius 3 is 3.00 bits per heavy atom. The van der Waals surface area contributed by atoms with Gasteiger partial charge >= 0.3 is 5.69 Å². The van der Waals surface area contributed by atoms with E-state index in [1.54, 1.807) is 18.0 Å². The Balaban J connectivity index is 1.69. The molecule has 2 heterocycles. The standard InChI is InChI=1S/C15H17ClN4O3/c1-18-10-17-20(15(18)22)9-14(21)19-5-6-23-13(8-19)11-3-2-4-12(16)7-11/h2-4,7,10,13H,5-6,8-9H2,1H3. The van der Waals surface area contributed by atoms with E-state index in [9.17, 15) is 9.59 Å². The molecule has 1 fully saturated rings. The van der Waals surface area contributed by atoms with Crippen molar-refractivity contribution in [3.63, 3.8) is 0 Å². The molecule has 2 aromatic rings. The van der Waals surface area contributed by atoms with E-state index >= 15 is 0 Å². The molecule has 1 aromatic carbocycles. The van der Waals surface area contributed by atoms with Crippen LogP contribution in [0.4, 0.5) is 0 Å². The highest BCUT2D eigenvalue weighted by molar-refractivity contribution is 6.30. The third-order valence-corrected chi connectivity index (χ3v) is 4.05. The Hall–Kier alpha value is -2.12. The average Bonchev–Trinajstić information content (AvgIpc) is 2.87. The molecule has 1 aliphatic rings. The van der Waals surface area contributed by atoms with Gasteiger partial charge in [0.05, 0.1) is 13.2 Å². The van der Waals surface area contributed by atoms with Crippen LogP contribution < -0.4 is 5.69 Å². The molecule has 23 heavy (non-hydrogen) atoms. The van der Waals surface area contributed by atoms with Crippen LogP contribution in [0.3, 0.4) is 0 Å². The number of aryl methyl sites for hydroxylation is 1. The van der Waals surface area contributed by atoms with Gasteiger partial charge in [0.25, 0.3) is 0 Å². The third kappa shape index (κ3) is 3.46. The first-order valence-corrected chi connectivity index (χ1v) is 7.65. The normalized spacial score (nSPS) is 18.2. The quantitative estimate of drug-likeness (QED) is 0.832. The van der Waals surface area contributed by atoms with Crippen molar-refractivity contribution in [1.29, 1.82) is 0 Å². The van der Waals surface area contributed by atoms with E-state index in [2.05, 4.69) is 5.10 Å². The zero-order chi connectivity index (χ0) is 16.4. The number of halogens is 1. The lowest BCUT2D eigenvalue weighted by molar-refractivity contribution is -0.139. The average molecular weight is 337 g/mol. The van der Waals surface area contributed by atoms with E-state index in [0.29, 0.717) is 24.7 Å². The molecule has 3 rings (SSSR count). The maximum atomic E-state index is 12.4. The zero-order valence-electron chi connectivity index (χ0n) is 12.7. The maximum absolute atomic E-state index is 12.4. The van der Waals surface area contributed by atoms with Gasteiger partial charge in [0.2, 0.25) is 5.91 Å². The largest absolute Gasteiger partial charge is 0.370 e. The van der Waals surface area contributed by atoms with Crippen LogP contribution in [0.15, 0.2) is 35.4 Å². The lowest BCUT2D eigenvalue weighted by atomic mass is 10.1. The number of nitrogens with zero attached hydrogens (tertiary/aromatic N) is 4. The van der Waals surface area contributed by atoms with Crippen molar-refractivity contribution in [2.45, 2.75) is 12.6 Å². The second-order valence-electron chi connectivity index (χ2n) is 5.44. The minimum atomic E-state index is -0.307. The van der Waals surface area contributed by atoms with Gasteiger partial charge in [-0.15, -0.1) is 0 Å². The number of aromatic nitrogens is 3. The summed E-state index contributed by atoms with van der Waals surface area (Å²) in [7, 11) is 1.60. The minimum Gasteiger partial charge on any atom is -0.370 e. The molecule has 1 unspecified atom stereocenters. The van der Waals surface area contributed by atoms with E-state index in [1.807, 2.05) is 18.2 Å². The van der Waals surface area contributed by atoms with Crippen LogP contribution in [-0.4, -0.2) is 44.9 Å². The van der Waals surface area contributed by atoms with Crippen molar-refractivity contribution in [3.8, 4) is 0 Å². The molecule has 0 bridgehead atoms. The highest BCUT2D eigenvalue weighted by atomic mass is 35.5. The summed E-state index contributed by atoms with van der Waals surface area (Å²) in [5.41, 5.74) is 0.628. The number of morpholine rings is 1. The Morgan fingerprint density at radius 1 is 1.48 bits per heavy atom. The molecule has 122 valence electrons. The monoisotopic (exact) mass is 336 g/mol. The number of hydrogen-bond acceptors (Lipinski definition) is 4.